The van der Waals surface area contributed by atoms with Gasteiger partial charge in [-0.15, -0.1) is 0 Å². The molecule has 3 aliphatic rings. The van der Waals surface area contributed by atoms with Gasteiger partial charge in [0.1, 0.15) is 36.0 Å². The van der Waals surface area contributed by atoms with Crippen molar-refractivity contribution in [3.63, 3.8) is 0 Å². The van der Waals surface area contributed by atoms with E-state index in [1.807, 2.05) is 27.7 Å². The quantitative estimate of drug-likeness (QED) is 0.129. The molecule has 2 aromatic heterocycles. The Bertz CT molecular complexity index is 2400. The van der Waals surface area contributed by atoms with Crippen LogP contribution in [-0.4, -0.2) is 100 Å². The summed E-state index contributed by atoms with van der Waals surface area (Å²) in [7, 11) is 1.61. The molecule has 2 aliphatic heterocycles. The van der Waals surface area contributed by atoms with Gasteiger partial charge in [-0.25, -0.2) is 18.7 Å². The summed E-state index contributed by atoms with van der Waals surface area (Å²) in [5.41, 5.74) is 4.17. The molecule has 1 aliphatic carbocycles. The van der Waals surface area contributed by atoms with Gasteiger partial charge >= 0.3 is 18.1 Å². The van der Waals surface area contributed by atoms with Crippen molar-refractivity contribution in [2.24, 2.45) is 0 Å². The number of nitrogens with zero attached hydrogens (tertiary/aromatic N) is 6. The number of carbonyl (C=O) groups is 2. The van der Waals surface area contributed by atoms with Crippen molar-refractivity contribution in [3.05, 3.63) is 70.7 Å². The second-order valence-corrected chi connectivity index (χ2v) is 17.0. The number of piperazine rings is 1. The number of halogens is 1. The van der Waals surface area contributed by atoms with Gasteiger partial charge in [0.25, 0.3) is 0 Å². The van der Waals surface area contributed by atoms with Gasteiger partial charge in [0.2, 0.25) is 0 Å². The van der Waals surface area contributed by atoms with Crippen molar-refractivity contribution in [2.75, 3.05) is 51.4 Å². The maximum absolute atomic E-state index is 16.5. The third-order valence-corrected chi connectivity index (χ3v) is 11.4. The molecule has 14 nitrogen and oxygen atoms in total. The van der Waals surface area contributed by atoms with E-state index in [2.05, 4.69) is 11.0 Å². The van der Waals surface area contributed by atoms with Gasteiger partial charge in [-0.05, 0) is 108 Å². The highest BCUT2D eigenvalue weighted by Crippen LogP contribution is 2.53. The van der Waals surface area contributed by atoms with Crippen molar-refractivity contribution in [3.8, 4) is 22.9 Å². The van der Waals surface area contributed by atoms with Crippen LogP contribution in [0.15, 0.2) is 42.6 Å². The zero-order chi connectivity index (χ0) is 42.3. The van der Waals surface area contributed by atoms with Crippen LogP contribution in [0, 0.1) is 12.7 Å². The van der Waals surface area contributed by atoms with Crippen molar-refractivity contribution in [1.29, 1.82) is 0 Å². The highest BCUT2D eigenvalue weighted by atomic mass is 19.1. The van der Waals surface area contributed by atoms with Gasteiger partial charge in [-0.3, -0.25) is 0 Å². The first kappa shape index (κ1) is 41.2. The number of methoxy groups -OCH3 is 1. The lowest BCUT2D eigenvalue weighted by atomic mass is 9.88. The number of benzene rings is 3. The number of hydrogen-bond donors (Lipinski definition) is 1. The summed E-state index contributed by atoms with van der Waals surface area (Å²) in [4.78, 5) is 38.6. The molecule has 0 bridgehead atoms. The molecular weight excluding hydrogens is 772 g/mol. The van der Waals surface area contributed by atoms with Gasteiger partial charge in [0.15, 0.2) is 12.0 Å². The Morgan fingerprint density at radius 2 is 1.73 bits per heavy atom. The average Bonchev–Trinajstić information content (AvgIpc) is 4.01. The number of rotatable bonds is 12. The summed E-state index contributed by atoms with van der Waals surface area (Å²) in [5, 5.41) is 15.9. The molecule has 5 aromatic rings. The minimum absolute atomic E-state index is 0.0631. The minimum Gasteiger partial charge on any atom is -0.486 e. The molecule has 1 unspecified atom stereocenters. The average molecular weight is 825 g/mol. The molecule has 318 valence electrons. The highest BCUT2D eigenvalue weighted by molar-refractivity contribution is 6.06. The van der Waals surface area contributed by atoms with Crippen molar-refractivity contribution >= 4 is 39.7 Å². The van der Waals surface area contributed by atoms with Crippen LogP contribution in [0.5, 0.6) is 11.8 Å². The number of aromatic carboxylic acids is 1. The summed E-state index contributed by atoms with van der Waals surface area (Å²) in [6.07, 6.45) is 5.46. The van der Waals surface area contributed by atoms with Crippen LogP contribution in [0.2, 0.25) is 0 Å². The van der Waals surface area contributed by atoms with Gasteiger partial charge < -0.3 is 38.6 Å². The molecule has 1 saturated carbocycles. The Labute approximate surface area is 348 Å². The number of fused-ring (bicyclic) bond motifs is 2. The smallest absolute Gasteiger partial charge is 0.410 e. The Balaban J connectivity index is 1.33. The van der Waals surface area contributed by atoms with Crippen LogP contribution in [0.1, 0.15) is 99.0 Å². The van der Waals surface area contributed by atoms with Gasteiger partial charge in [-0.2, -0.15) is 15.1 Å². The van der Waals surface area contributed by atoms with E-state index in [0.29, 0.717) is 72.1 Å². The fourth-order valence-corrected chi connectivity index (χ4v) is 7.95. The zero-order valence-electron chi connectivity index (χ0n) is 35.1. The number of carboxylic acids is 1. The van der Waals surface area contributed by atoms with E-state index in [0.717, 1.165) is 54.0 Å². The Morgan fingerprint density at radius 3 is 2.38 bits per heavy atom. The second-order valence-electron chi connectivity index (χ2n) is 17.0. The van der Waals surface area contributed by atoms with E-state index >= 15 is 4.39 Å². The van der Waals surface area contributed by atoms with Crippen LogP contribution < -0.4 is 14.4 Å². The molecule has 0 spiro atoms. The third kappa shape index (κ3) is 8.55. The van der Waals surface area contributed by atoms with E-state index in [4.69, 9.17) is 38.8 Å². The standard InChI is InChI=1S/C45H53FN6O8/c1-26(56-6)24-59-43-48-39-32(41(49-43)50-16-18-51(19-17-50)44(55)60-45(3,4)5)21-31(29-14-15-29)38(40(39)58-25-28-10-12-30(13-11-28)42(53)54)37-27(2)34(46)22-35-33(37)23-47-52(35)36-9-7-8-20-57-36/h10-13,21-23,26,29,36H,7-9,14-20,24-25H2,1-6H3,(H,53,54)/t26-,36?/m0/s1. The Kier molecular flexibility index (Phi) is 11.6. The van der Waals surface area contributed by atoms with Crippen molar-refractivity contribution < 1.29 is 42.8 Å². The first-order valence-corrected chi connectivity index (χ1v) is 20.8. The summed E-state index contributed by atoms with van der Waals surface area (Å²) in [5.74, 6) is -0.197. The number of carbonyl (C=O) groups excluding carboxylic acids is 1. The first-order chi connectivity index (χ1) is 28.8. The van der Waals surface area contributed by atoms with Crippen molar-refractivity contribution in [2.45, 2.75) is 97.2 Å². The van der Waals surface area contributed by atoms with Gasteiger partial charge in [0, 0.05) is 67.9 Å². The molecule has 60 heavy (non-hydrogen) atoms. The molecular formula is C45H53FN6O8. The van der Waals surface area contributed by atoms with E-state index in [1.165, 1.54) is 0 Å². The number of carboxylic acid groups (broad SMARTS) is 1. The van der Waals surface area contributed by atoms with Crippen LogP contribution >= 0.6 is 0 Å². The van der Waals surface area contributed by atoms with Crippen molar-refractivity contribution in [1.82, 2.24) is 24.6 Å². The molecule has 1 amide bonds. The lowest BCUT2D eigenvalue weighted by molar-refractivity contribution is -0.0367. The molecule has 2 atom stereocenters. The number of aromatic nitrogens is 4. The largest absolute Gasteiger partial charge is 0.486 e. The summed E-state index contributed by atoms with van der Waals surface area (Å²) in [6.45, 7) is 11.8. The first-order valence-electron chi connectivity index (χ1n) is 20.8. The van der Waals surface area contributed by atoms with E-state index in [1.54, 1.807) is 60.1 Å². The number of amides is 1. The number of hydrogen-bond acceptors (Lipinski definition) is 11. The van der Waals surface area contributed by atoms with E-state index < -0.39 is 11.6 Å². The number of ether oxygens (including phenoxy) is 5. The molecule has 2 saturated heterocycles. The van der Waals surface area contributed by atoms with Crippen LogP contribution in [-0.2, 0) is 20.8 Å². The molecule has 3 fully saturated rings. The monoisotopic (exact) mass is 824 g/mol. The summed E-state index contributed by atoms with van der Waals surface area (Å²) in [6, 6.07) is 10.3. The fraction of sp³-hybridized carbons (Fsp3) is 0.489. The van der Waals surface area contributed by atoms with Crippen LogP contribution in [0.4, 0.5) is 15.0 Å². The third-order valence-electron chi connectivity index (χ3n) is 11.4. The molecule has 15 heteroatoms. The second kappa shape index (κ2) is 16.8. The topological polar surface area (TPSA) is 151 Å². The summed E-state index contributed by atoms with van der Waals surface area (Å²) < 4.78 is 48.7. The predicted octanol–water partition coefficient (Wildman–Crippen LogP) is 8.42. The normalized spacial score (nSPS) is 17.9. The van der Waals surface area contributed by atoms with E-state index in [9.17, 15) is 14.7 Å². The number of anilines is 1. The van der Waals surface area contributed by atoms with Crippen LogP contribution in [0.3, 0.4) is 0 Å². The van der Waals surface area contributed by atoms with E-state index in [-0.39, 0.29) is 54.9 Å². The summed E-state index contributed by atoms with van der Waals surface area (Å²) >= 11 is 0. The molecule has 0 radical (unpaired) electrons. The maximum Gasteiger partial charge on any atom is 0.410 e. The predicted molar refractivity (Wildman–Crippen MR) is 223 cm³/mol. The Hall–Kier alpha value is -5.54. The molecule has 3 aromatic carbocycles. The highest BCUT2D eigenvalue weighted by Gasteiger charge is 2.35. The maximum atomic E-state index is 16.5. The fourth-order valence-electron chi connectivity index (χ4n) is 7.95. The van der Waals surface area contributed by atoms with Gasteiger partial charge in [0.05, 0.1) is 23.4 Å². The molecule has 8 rings (SSSR count). The minimum atomic E-state index is -1.02. The molecule has 4 heterocycles. The van der Waals surface area contributed by atoms with Crippen LogP contribution in [0.25, 0.3) is 32.9 Å². The lowest BCUT2D eigenvalue weighted by Gasteiger charge is -2.36. The lowest BCUT2D eigenvalue weighted by Crippen LogP contribution is -2.50. The Morgan fingerprint density at radius 1 is 0.983 bits per heavy atom. The van der Waals surface area contributed by atoms with Gasteiger partial charge in [-0.1, -0.05) is 12.1 Å². The SMILES string of the molecule is CO[C@@H](C)COc1nc(N2CCN(C(=O)OC(C)(C)C)CC2)c2cc(C3CC3)c(-c3c(C)c(F)cc4c3cnn4C3CCCCO3)c(OCc3ccc(C(=O)O)cc3)c2n1. The zero-order valence-corrected chi connectivity index (χ0v) is 35.1. The molecule has 1 N–H and O–H groups in total.